The van der Waals surface area contributed by atoms with Crippen LogP contribution in [0.4, 0.5) is 0 Å². The molecule has 0 N–H and O–H groups in total. The SMILES string of the molecule is [CH]=C=C1CCC(N(C)C)CC1. The third-order valence-electron chi connectivity index (χ3n) is 2.49. The predicted molar refractivity (Wildman–Crippen MR) is 47.3 cm³/mol. The van der Waals surface area contributed by atoms with E-state index >= 15 is 0 Å². The van der Waals surface area contributed by atoms with Crippen molar-refractivity contribution >= 4 is 0 Å². The molecule has 0 amide bonds. The standard InChI is InChI=1S/C10H16N/c1-4-9-5-7-10(8-6-9)11(2)3/h1,10H,5-8H2,2-3H3. The van der Waals surface area contributed by atoms with Gasteiger partial charge in [0.25, 0.3) is 0 Å². The van der Waals surface area contributed by atoms with Crippen molar-refractivity contribution in [3.05, 3.63) is 17.9 Å². The van der Waals surface area contributed by atoms with Crippen molar-refractivity contribution in [3.63, 3.8) is 0 Å². The van der Waals surface area contributed by atoms with Crippen LogP contribution in [0.5, 0.6) is 0 Å². The highest BCUT2D eigenvalue weighted by atomic mass is 15.1. The Hall–Kier alpha value is -0.520. The second-order valence-corrected chi connectivity index (χ2v) is 3.44. The van der Waals surface area contributed by atoms with E-state index in [-0.39, 0.29) is 0 Å². The van der Waals surface area contributed by atoms with Crippen LogP contribution in [0.25, 0.3) is 0 Å². The van der Waals surface area contributed by atoms with E-state index in [9.17, 15) is 0 Å². The first-order valence-corrected chi connectivity index (χ1v) is 4.21. The summed E-state index contributed by atoms with van der Waals surface area (Å²) in [6.07, 6.45) is 4.76. The Labute approximate surface area is 69.4 Å². The van der Waals surface area contributed by atoms with Crippen molar-refractivity contribution in [2.75, 3.05) is 14.1 Å². The molecule has 0 aliphatic heterocycles. The summed E-state index contributed by atoms with van der Waals surface area (Å²) in [6, 6.07) is 0.757. The third kappa shape index (κ3) is 2.21. The highest BCUT2D eigenvalue weighted by Gasteiger charge is 2.17. The maximum Gasteiger partial charge on any atom is 0.00957 e. The Bertz CT molecular complexity index is 165. The Morgan fingerprint density at radius 2 is 1.91 bits per heavy atom. The molecule has 61 valence electrons. The van der Waals surface area contributed by atoms with E-state index < -0.39 is 0 Å². The van der Waals surface area contributed by atoms with E-state index in [0.717, 1.165) is 18.9 Å². The fraction of sp³-hybridized carbons (Fsp3) is 0.700. The molecular formula is C10H16N. The van der Waals surface area contributed by atoms with Crippen LogP contribution in [-0.2, 0) is 0 Å². The first-order chi connectivity index (χ1) is 5.24. The second-order valence-electron chi connectivity index (χ2n) is 3.44. The van der Waals surface area contributed by atoms with Gasteiger partial charge in [-0.25, -0.2) is 0 Å². The minimum Gasteiger partial charge on any atom is -0.306 e. The molecule has 0 unspecified atom stereocenters. The molecule has 0 heterocycles. The zero-order valence-corrected chi connectivity index (χ0v) is 7.43. The Morgan fingerprint density at radius 3 is 2.27 bits per heavy atom. The summed E-state index contributed by atoms with van der Waals surface area (Å²) in [5.74, 6) is 0. The van der Waals surface area contributed by atoms with Crippen molar-refractivity contribution in [1.29, 1.82) is 0 Å². The predicted octanol–water partition coefficient (Wildman–Crippen LogP) is 2.01. The van der Waals surface area contributed by atoms with Crippen LogP contribution >= 0.6 is 0 Å². The molecule has 1 heteroatoms. The van der Waals surface area contributed by atoms with Crippen molar-refractivity contribution in [2.24, 2.45) is 0 Å². The number of hydrogen-bond donors (Lipinski definition) is 0. The van der Waals surface area contributed by atoms with Gasteiger partial charge in [0.15, 0.2) is 0 Å². The van der Waals surface area contributed by atoms with Crippen LogP contribution in [0.2, 0.25) is 0 Å². The van der Waals surface area contributed by atoms with Crippen LogP contribution in [0.15, 0.2) is 11.3 Å². The topological polar surface area (TPSA) is 3.24 Å². The lowest BCUT2D eigenvalue weighted by molar-refractivity contribution is 0.248. The van der Waals surface area contributed by atoms with Gasteiger partial charge < -0.3 is 4.90 Å². The molecule has 0 atom stereocenters. The van der Waals surface area contributed by atoms with Crippen molar-refractivity contribution in [3.8, 4) is 0 Å². The monoisotopic (exact) mass is 150 g/mol. The van der Waals surface area contributed by atoms with E-state index in [1.165, 1.54) is 18.4 Å². The molecule has 11 heavy (non-hydrogen) atoms. The minimum absolute atomic E-state index is 0.757. The average Bonchev–Trinajstić information content (AvgIpc) is 2.05. The van der Waals surface area contributed by atoms with Crippen LogP contribution in [-0.4, -0.2) is 25.0 Å². The van der Waals surface area contributed by atoms with Crippen molar-refractivity contribution < 1.29 is 0 Å². The largest absolute Gasteiger partial charge is 0.306 e. The summed E-state index contributed by atoms with van der Waals surface area (Å²) in [7, 11) is 4.29. The van der Waals surface area contributed by atoms with E-state index in [1.807, 2.05) is 0 Å². The van der Waals surface area contributed by atoms with Gasteiger partial charge in [-0.2, -0.15) is 0 Å². The second kappa shape index (κ2) is 3.75. The van der Waals surface area contributed by atoms with Crippen LogP contribution in [0, 0.1) is 6.58 Å². The molecule has 1 rings (SSSR count). The number of rotatable bonds is 1. The maximum atomic E-state index is 5.32. The Morgan fingerprint density at radius 1 is 1.36 bits per heavy atom. The lowest BCUT2D eigenvalue weighted by Gasteiger charge is -2.28. The zero-order chi connectivity index (χ0) is 8.27. The van der Waals surface area contributed by atoms with E-state index in [1.54, 1.807) is 0 Å². The van der Waals surface area contributed by atoms with Crippen molar-refractivity contribution in [1.82, 2.24) is 4.90 Å². The fourth-order valence-corrected chi connectivity index (χ4v) is 1.61. The summed E-state index contributed by atoms with van der Waals surface area (Å²) in [5.41, 5.74) is 4.07. The average molecular weight is 150 g/mol. The molecule has 0 bridgehead atoms. The van der Waals surface area contributed by atoms with Crippen LogP contribution in [0.3, 0.4) is 0 Å². The highest BCUT2D eigenvalue weighted by molar-refractivity contribution is 5.02. The van der Waals surface area contributed by atoms with Gasteiger partial charge in [0.05, 0.1) is 0 Å². The molecule has 1 nitrogen and oxygen atoms in total. The maximum absolute atomic E-state index is 5.32. The third-order valence-corrected chi connectivity index (χ3v) is 2.49. The molecule has 0 spiro atoms. The number of nitrogens with zero attached hydrogens (tertiary/aromatic N) is 1. The van der Waals surface area contributed by atoms with Crippen molar-refractivity contribution in [2.45, 2.75) is 31.7 Å². The van der Waals surface area contributed by atoms with Gasteiger partial charge in [-0.05, 0) is 51.9 Å². The summed E-state index contributed by atoms with van der Waals surface area (Å²) in [4.78, 5) is 2.30. The summed E-state index contributed by atoms with van der Waals surface area (Å²) in [6.45, 7) is 5.32. The van der Waals surface area contributed by atoms with Gasteiger partial charge in [0, 0.05) is 6.04 Å². The Kier molecular flexibility index (Phi) is 2.92. The number of hydrogen-bond acceptors (Lipinski definition) is 1. The summed E-state index contributed by atoms with van der Waals surface area (Å²) < 4.78 is 0. The van der Waals surface area contributed by atoms with Crippen LogP contribution in [0.1, 0.15) is 25.7 Å². The first kappa shape index (κ1) is 8.58. The molecule has 1 radical (unpaired) electrons. The van der Waals surface area contributed by atoms with E-state index in [2.05, 4.69) is 24.7 Å². The smallest absolute Gasteiger partial charge is 0.00957 e. The Balaban J connectivity index is 2.42. The molecule has 1 fully saturated rings. The first-order valence-electron chi connectivity index (χ1n) is 4.21. The molecule has 0 aromatic rings. The van der Waals surface area contributed by atoms with Gasteiger partial charge in [-0.1, -0.05) is 0 Å². The van der Waals surface area contributed by atoms with Gasteiger partial charge in [0.1, 0.15) is 0 Å². The molecular weight excluding hydrogens is 134 g/mol. The van der Waals surface area contributed by atoms with Gasteiger partial charge >= 0.3 is 0 Å². The quantitative estimate of drug-likeness (QED) is 0.517. The summed E-state index contributed by atoms with van der Waals surface area (Å²) >= 11 is 0. The van der Waals surface area contributed by atoms with E-state index in [0.29, 0.717) is 0 Å². The molecule has 1 saturated carbocycles. The zero-order valence-electron chi connectivity index (χ0n) is 7.43. The van der Waals surface area contributed by atoms with E-state index in [4.69, 9.17) is 6.58 Å². The fourth-order valence-electron chi connectivity index (χ4n) is 1.61. The number of allylic oxidation sites excluding steroid dienone is 1. The molecule has 0 aromatic carbocycles. The van der Waals surface area contributed by atoms with Gasteiger partial charge in [0.2, 0.25) is 0 Å². The van der Waals surface area contributed by atoms with Crippen LogP contribution < -0.4 is 0 Å². The van der Waals surface area contributed by atoms with Gasteiger partial charge in [-0.15, -0.1) is 5.73 Å². The lowest BCUT2D eigenvalue weighted by atomic mass is 9.91. The minimum atomic E-state index is 0.757. The molecule has 1 aliphatic rings. The lowest BCUT2D eigenvalue weighted by Crippen LogP contribution is -2.30. The van der Waals surface area contributed by atoms with Gasteiger partial charge in [-0.3, -0.25) is 0 Å². The summed E-state index contributed by atoms with van der Waals surface area (Å²) in [5, 5.41) is 0. The normalized spacial score (nSPS) is 25.4. The molecule has 0 aromatic heterocycles. The highest BCUT2D eigenvalue weighted by Crippen LogP contribution is 2.24. The molecule has 0 saturated heterocycles. The molecule has 1 aliphatic carbocycles.